The molecule has 0 unspecified atom stereocenters. The molecule has 11 heavy (non-hydrogen) atoms. The van der Waals surface area contributed by atoms with E-state index in [9.17, 15) is 5.11 Å². The van der Waals surface area contributed by atoms with Crippen molar-refractivity contribution in [2.45, 2.75) is 32.4 Å². The molecule has 1 aromatic rings. The zero-order valence-corrected chi connectivity index (χ0v) is 6.86. The maximum atomic E-state index is 9.35. The van der Waals surface area contributed by atoms with Crippen LogP contribution in [0.3, 0.4) is 0 Å². The van der Waals surface area contributed by atoms with Gasteiger partial charge in [-0.1, -0.05) is 0 Å². The topological polar surface area (TPSA) is 50.9 Å². The minimum atomic E-state index is -0.619. The molecule has 4 heteroatoms. The maximum Gasteiger partial charge on any atom is 0.137 e. The van der Waals surface area contributed by atoms with Crippen molar-refractivity contribution in [3.05, 3.63) is 12.7 Å². The van der Waals surface area contributed by atoms with E-state index in [1.165, 1.54) is 6.33 Å². The van der Waals surface area contributed by atoms with E-state index >= 15 is 0 Å². The highest BCUT2D eigenvalue weighted by Gasteiger charge is 2.11. The van der Waals surface area contributed by atoms with Gasteiger partial charge in [-0.25, -0.2) is 4.98 Å². The minimum absolute atomic E-state index is 0.619. The second-order valence-corrected chi connectivity index (χ2v) is 3.22. The molecule has 0 atom stereocenters. The normalized spacial score (nSPS) is 11.9. The van der Waals surface area contributed by atoms with E-state index in [0.29, 0.717) is 13.0 Å². The third-order valence-electron chi connectivity index (χ3n) is 1.42. The maximum absolute atomic E-state index is 9.35. The summed E-state index contributed by atoms with van der Waals surface area (Å²) in [5.74, 6) is 0. The number of aromatic nitrogens is 3. The van der Waals surface area contributed by atoms with E-state index in [1.54, 1.807) is 24.9 Å². The molecule has 0 aromatic carbocycles. The number of hydrogen-bond acceptors (Lipinski definition) is 3. The molecule has 0 aliphatic heterocycles. The second kappa shape index (κ2) is 3.00. The van der Waals surface area contributed by atoms with Gasteiger partial charge in [-0.05, 0) is 20.3 Å². The monoisotopic (exact) mass is 155 g/mol. The van der Waals surface area contributed by atoms with Crippen LogP contribution in [0.25, 0.3) is 0 Å². The number of aliphatic hydroxyl groups is 1. The molecule has 0 aliphatic rings. The van der Waals surface area contributed by atoms with Gasteiger partial charge in [0, 0.05) is 6.54 Å². The van der Waals surface area contributed by atoms with E-state index in [-0.39, 0.29) is 0 Å². The van der Waals surface area contributed by atoms with Gasteiger partial charge in [0.25, 0.3) is 0 Å². The Morgan fingerprint density at radius 1 is 1.55 bits per heavy atom. The van der Waals surface area contributed by atoms with E-state index in [4.69, 9.17) is 0 Å². The fourth-order valence-electron chi connectivity index (χ4n) is 0.736. The lowest BCUT2D eigenvalue weighted by Crippen LogP contribution is -2.21. The summed E-state index contributed by atoms with van der Waals surface area (Å²) in [6.45, 7) is 4.28. The molecule has 0 saturated carbocycles. The first-order valence-electron chi connectivity index (χ1n) is 3.63. The summed E-state index contributed by atoms with van der Waals surface area (Å²) < 4.78 is 1.71. The van der Waals surface area contributed by atoms with Crippen LogP contribution in [0.2, 0.25) is 0 Å². The van der Waals surface area contributed by atoms with Crippen LogP contribution in [0.4, 0.5) is 0 Å². The molecular formula is C7H13N3O. The molecule has 0 bridgehead atoms. The lowest BCUT2D eigenvalue weighted by molar-refractivity contribution is 0.0651. The molecule has 1 rings (SSSR count). The summed E-state index contributed by atoms with van der Waals surface area (Å²) in [5, 5.41) is 13.3. The van der Waals surface area contributed by atoms with E-state index < -0.39 is 5.60 Å². The highest BCUT2D eigenvalue weighted by Crippen LogP contribution is 2.07. The van der Waals surface area contributed by atoms with Crippen molar-refractivity contribution in [3.8, 4) is 0 Å². The molecule has 1 heterocycles. The first-order valence-corrected chi connectivity index (χ1v) is 3.63. The molecule has 1 aromatic heterocycles. The van der Waals surface area contributed by atoms with Crippen LogP contribution in [0, 0.1) is 0 Å². The molecule has 4 nitrogen and oxygen atoms in total. The average Bonchev–Trinajstić information content (AvgIpc) is 2.32. The summed E-state index contributed by atoms with van der Waals surface area (Å²) in [7, 11) is 0. The minimum Gasteiger partial charge on any atom is -0.390 e. The standard InChI is InChI=1S/C7H13N3O/c1-7(2,11)3-4-10-6-8-5-9-10/h5-6,11H,3-4H2,1-2H3. The third kappa shape index (κ3) is 3.13. The predicted octanol–water partition coefficient (Wildman–Crippen LogP) is 0.439. The zero-order valence-electron chi connectivity index (χ0n) is 6.86. The van der Waals surface area contributed by atoms with Gasteiger partial charge < -0.3 is 5.11 Å². The fraction of sp³-hybridized carbons (Fsp3) is 0.714. The van der Waals surface area contributed by atoms with Crippen LogP contribution < -0.4 is 0 Å². The highest BCUT2D eigenvalue weighted by molar-refractivity contribution is 4.65. The Balaban J connectivity index is 2.35. The van der Waals surface area contributed by atoms with Crippen molar-refractivity contribution in [1.82, 2.24) is 14.8 Å². The van der Waals surface area contributed by atoms with Crippen molar-refractivity contribution in [2.75, 3.05) is 0 Å². The SMILES string of the molecule is CC(C)(O)CCn1cncn1. The van der Waals surface area contributed by atoms with E-state index in [1.807, 2.05) is 0 Å². The number of nitrogens with zero attached hydrogens (tertiary/aromatic N) is 3. The third-order valence-corrected chi connectivity index (χ3v) is 1.42. The lowest BCUT2D eigenvalue weighted by Gasteiger charge is -2.15. The highest BCUT2D eigenvalue weighted by atomic mass is 16.3. The van der Waals surface area contributed by atoms with Crippen molar-refractivity contribution < 1.29 is 5.11 Å². The summed E-state index contributed by atoms with van der Waals surface area (Å²) in [6, 6.07) is 0. The van der Waals surface area contributed by atoms with Gasteiger partial charge in [0.2, 0.25) is 0 Å². The Bertz CT molecular complexity index is 200. The van der Waals surface area contributed by atoms with Crippen molar-refractivity contribution >= 4 is 0 Å². The summed E-state index contributed by atoms with van der Waals surface area (Å²) in [4.78, 5) is 3.79. The van der Waals surface area contributed by atoms with Gasteiger partial charge in [-0.2, -0.15) is 5.10 Å². The Kier molecular flexibility index (Phi) is 2.24. The van der Waals surface area contributed by atoms with Gasteiger partial charge in [-0.15, -0.1) is 0 Å². The van der Waals surface area contributed by atoms with E-state index in [2.05, 4.69) is 10.1 Å². The summed E-state index contributed by atoms with van der Waals surface area (Å²) >= 11 is 0. The summed E-state index contributed by atoms with van der Waals surface area (Å²) in [5.41, 5.74) is -0.619. The van der Waals surface area contributed by atoms with Gasteiger partial charge in [0.1, 0.15) is 12.7 Å². The molecule has 0 fully saturated rings. The van der Waals surface area contributed by atoms with Crippen molar-refractivity contribution in [3.63, 3.8) is 0 Å². The first-order chi connectivity index (χ1) is 5.08. The van der Waals surface area contributed by atoms with Crippen LogP contribution >= 0.6 is 0 Å². The van der Waals surface area contributed by atoms with Gasteiger partial charge in [-0.3, -0.25) is 4.68 Å². The fourth-order valence-corrected chi connectivity index (χ4v) is 0.736. The quantitative estimate of drug-likeness (QED) is 0.689. The molecule has 0 amide bonds. The van der Waals surface area contributed by atoms with Gasteiger partial charge >= 0.3 is 0 Å². The zero-order chi connectivity index (χ0) is 8.32. The second-order valence-electron chi connectivity index (χ2n) is 3.22. The Labute approximate surface area is 65.9 Å². The predicted molar refractivity (Wildman–Crippen MR) is 40.9 cm³/mol. The number of hydrogen-bond donors (Lipinski definition) is 1. The van der Waals surface area contributed by atoms with E-state index in [0.717, 1.165) is 0 Å². The van der Waals surface area contributed by atoms with Crippen LogP contribution in [0.1, 0.15) is 20.3 Å². The first kappa shape index (κ1) is 8.20. The lowest BCUT2D eigenvalue weighted by atomic mass is 10.1. The Morgan fingerprint density at radius 2 is 2.27 bits per heavy atom. The molecule has 0 saturated heterocycles. The molecule has 1 N–H and O–H groups in total. The van der Waals surface area contributed by atoms with Gasteiger partial charge in [0.05, 0.1) is 5.60 Å². The number of aryl methyl sites for hydroxylation is 1. The largest absolute Gasteiger partial charge is 0.390 e. The molecular weight excluding hydrogens is 142 g/mol. The smallest absolute Gasteiger partial charge is 0.137 e. The molecule has 0 aliphatic carbocycles. The average molecular weight is 155 g/mol. The Morgan fingerprint density at radius 3 is 2.73 bits per heavy atom. The molecule has 0 radical (unpaired) electrons. The van der Waals surface area contributed by atoms with Gasteiger partial charge in [0.15, 0.2) is 0 Å². The van der Waals surface area contributed by atoms with Crippen molar-refractivity contribution in [1.29, 1.82) is 0 Å². The molecule has 62 valence electrons. The van der Waals surface area contributed by atoms with Crippen LogP contribution in [0.5, 0.6) is 0 Å². The molecule has 0 spiro atoms. The Hall–Kier alpha value is -0.900. The van der Waals surface area contributed by atoms with Crippen LogP contribution in [-0.4, -0.2) is 25.5 Å². The van der Waals surface area contributed by atoms with Crippen LogP contribution in [-0.2, 0) is 6.54 Å². The van der Waals surface area contributed by atoms with Crippen LogP contribution in [0.15, 0.2) is 12.7 Å². The number of rotatable bonds is 3. The van der Waals surface area contributed by atoms with Crippen molar-refractivity contribution in [2.24, 2.45) is 0 Å². The summed E-state index contributed by atoms with van der Waals surface area (Å²) in [6.07, 6.45) is 3.83.